The summed E-state index contributed by atoms with van der Waals surface area (Å²) in [5, 5.41) is 3.60. The first-order valence-corrected chi connectivity index (χ1v) is 13.0. The number of aromatic nitrogens is 1. The number of para-hydroxylation sites is 2. The van der Waals surface area contributed by atoms with Gasteiger partial charge in [0.05, 0.1) is 16.8 Å². The average molecular weight is 521 g/mol. The number of aryl methyl sites for hydroxylation is 2. The molecule has 0 radical (unpaired) electrons. The molecule has 0 unspecified atom stereocenters. The Morgan fingerprint density at radius 2 is 1.77 bits per heavy atom. The van der Waals surface area contributed by atoms with E-state index in [4.69, 9.17) is 19.2 Å². The number of rotatable bonds is 5. The standard InChI is InChI=1S/C32H28N2O5/c1-19-7-5-8-20(2)30(19)34-28(35)17-37-32(36)29-23-10-3-4-12-25(23)33-31-22(9-6-11-24(29)31)15-21-13-14-26-27(16-21)39-18-38-26/h3-5,7-8,10,12-16H,6,9,11,17-18H2,1-2H3,(H,34,35). The third-order valence-corrected chi connectivity index (χ3v) is 7.19. The quantitative estimate of drug-likeness (QED) is 0.313. The maximum atomic E-state index is 13.5. The number of carbonyl (C=O) groups is 2. The van der Waals surface area contributed by atoms with E-state index in [-0.39, 0.29) is 19.3 Å². The summed E-state index contributed by atoms with van der Waals surface area (Å²) in [6.07, 6.45) is 4.50. The van der Waals surface area contributed by atoms with Crippen LogP contribution < -0.4 is 14.8 Å². The normalized spacial score (nSPS) is 14.8. The monoisotopic (exact) mass is 520 g/mol. The van der Waals surface area contributed by atoms with Gasteiger partial charge in [-0.05, 0) is 85.2 Å². The number of nitrogens with one attached hydrogen (secondary N) is 1. The third kappa shape index (κ3) is 4.83. The molecule has 0 saturated carbocycles. The molecule has 0 bridgehead atoms. The van der Waals surface area contributed by atoms with Crippen molar-refractivity contribution in [3.05, 3.63) is 94.2 Å². The molecule has 1 aromatic heterocycles. The van der Waals surface area contributed by atoms with Gasteiger partial charge in [0.15, 0.2) is 18.1 Å². The first-order valence-electron chi connectivity index (χ1n) is 13.0. The fourth-order valence-corrected chi connectivity index (χ4v) is 5.30. The van der Waals surface area contributed by atoms with Gasteiger partial charge >= 0.3 is 5.97 Å². The molecule has 196 valence electrons. The van der Waals surface area contributed by atoms with Gasteiger partial charge in [0.25, 0.3) is 5.91 Å². The second kappa shape index (κ2) is 10.3. The molecular weight excluding hydrogens is 492 g/mol. The van der Waals surface area contributed by atoms with Gasteiger partial charge in [-0.25, -0.2) is 9.78 Å². The zero-order chi connectivity index (χ0) is 26.9. The number of allylic oxidation sites excluding steroid dienone is 1. The molecule has 1 aliphatic carbocycles. The molecule has 3 aromatic carbocycles. The van der Waals surface area contributed by atoms with Crippen LogP contribution in [0.5, 0.6) is 11.5 Å². The molecule has 7 nitrogen and oxygen atoms in total. The minimum Gasteiger partial charge on any atom is -0.454 e. The van der Waals surface area contributed by atoms with Crippen LogP contribution in [0.15, 0.2) is 60.7 Å². The Hall–Kier alpha value is -4.65. The summed E-state index contributed by atoms with van der Waals surface area (Å²) in [7, 11) is 0. The topological polar surface area (TPSA) is 86.8 Å². The van der Waals surface area contributed by atoms with E-state index >= 15 is 0 Å². The Balaban J connectivity index is 1.31. The van der Waals surface area contributed by atoms with Crippen LogP contribution in [0.1, 0.15) is 51.1 Å². The third-order valence-electron chi connectivity index (χ3n) is 7.19. The summed E-state index contributed by atoms with van der Waals surface area (Å²) in [5.41, 5.74) is 7.50. The summed E-state index contributed by atoms with van der Waals surface area (Å²) >= 11 is 0. The van der Waals surface area contributed by atoms with Crippen LogP contribution in [0.4, 0.5) is 5.69 Å². The minimum atomic E-state index is -0.522. The lowest BCUT2D eigenvalue weighted by Crippen LogP contribution is -2.23. The molecule has 0 fully saturated rings. The lowest BCUT2D eigenvalue weighted by molar-refractivity contribution is -0.119. The first-order chi connectivity index (χ1) is 19.0. The Morgan fingerprint density at radius 3 is 2.62 bits per heavy atom. The molecule has 1 aliphatic heterocycles. The Bertz CT molecular complexity index is 1640. The molecule has 6 rings (SSSR count). The largest absolute Gasteiger partial charge is 0.454 e. The fourth-order valence-electron chi connectivity index (χ4n) is 5.30. The van der Waals surface area contributed by atoms with E-state index in [1.54, 1.807) is 0 Å². The second-order valence-electron chi connectivity index (χ2n) is 9.86. The number of amides is 1. The molecule has 0 saturated heterocycles. The second-order valence-corrected chi connectivity index (χ2v) is 9.86. The molecule has 39 heavy (non-hydrogen) atoms. The predicted octanol–water partition coefficient (Wildman–Crippen LogP) is 6.25. The number of esters is 1. The first kappa shape index (κ1) is 24.7. The molecule has 1 amide bonds. The number of benzene rings is 3. The summed E-state index contributed by atoms with van der Waals surface area (Å²) in [6, 6.07) is 19.2. The highest BCUT2D eigenvalue weighted by atomic mass is 16.7. The Morgan fingerprint density at radius 1 is 0.974 bits per heavy atom. The highest BCUT2D eigenvalue weighted by molar-refractivity contribution is 6.07. The van der Waals surface area contributed by atoms with Crippen molar-refractivity contribution in [2.75, 3.05) is 18.7 Å². The van der Waals surface area contributed by atoms with Gasteiger partial charge in [-0.2, -0.15) is 0 Å². The lowest BCUT2D eigenvalue weighted by atomic mass is 9.86. The summed E-state index contributed by atoms with van der Waals surface area (Å²) in [4.78, 5) is 31.2. The number of nitrogens with zero attached hydrogens (tertiary/aromatic N) is 1. The van der Waals surface area contributed by atoms with E-state index in [1.807, 2.05) is 74.5 Å². The van der Waals surface area contributed by atoms with Crippen LogP contribution in [0.2, 0.25) is 0 Å². The van der Waals surface area contributed by atoms with E-state index in [0.29, 0.717) is 17.5 Å². The number of hydrogen-bond donors (Lipinski definition) is 1. The van der Waals surface area contributed by atoms with Crippen molar-refractivity contribution in [3.8, 4) is 11.5 Å². The van der Waals surface area contributed by atoms with Crippen molar-refractivity contribution >= 4 is 40.1 Å². The molecule has 4 aromatic rings. The van der Waals surface area contributed by atoms with Crippen LogP contribution >= 0.6 is 0 Å². The lowest BCUT2D eigenvalue weighted by Gasteiger charge is -2.22. The number of carbonyl (C=O) groups excluding carboxylic acids is 2. The highest BCUT2D eigenvalue weighted by Gasteiger charge is 2.26. The van der Waals surface area contributed by atoms with Crippen molar-refractivity contribution in [2.45, 2.75) is 33.1 Å². The van der Waals surface area contributed by atoms with Gasteiger partial charge in [-0.1, -0.05) is 42.5 Å². The molecule has 0 atom stereocenters. The Labute approximate surface area is 226 Å². The van der Waals surface area contributed by atoms with E-state index in [1.165, 1.54) is 0 Å². The number of anilines is 1. The molecule has 2 aliphatic rings. The summed E-state index contributed by atoms with van der Waals surface area (Å²) < 4.78 is 16.6. The minimum absolute atomic E-state index is 0.222. The van der Waals surface area contributed by atoms with Gasteiger partial charge in [-0.3, -0.25) is 4.79 Å². The van der Waals surface area contributed by atoms with Crippen molar-refractivity contribution < 1.29 is 23.8 Å². The van der Waals surface area contributed by atoms with Crippen molar-refractivity contribution in [3.63, 3.8) is 0 Å². The van der Waals surface area contributed by atoms with E-state index in [0.717, 1.165) is 68.9 Å². The zero-order valence-electron chi connectivity index (χ0n) is 21.9. The van der Waals surface area contributed by atoms with Gasteiger partial charge in [-0.15, -0.1) is 0 Å². The molecular formula is C32H28N2O5. The van der Waals surface area contributed by atoms with Gasteiger partial charge in [0.2, 0.25) is 6.79 Å². The smallest absolute Gasteiger partial charge is 0.339 e. The predicted molar refractivity (Wildman–Crippen MR) is 150 cm³/mol. The van der Waals surface area contributed by atoms with Crippen molar-refractivity contribution in [2.24, 2.45) is 0 Å². The summed E-state index contributed by atoms with van der Waals surface area (Å²) in [6.45, 7) is 3.70. The molecule has 1 N–H and O–H groups in total. The van der Waals surface area contributed by atoms with Crippen LogP contribution in [0.3, 0.4) is 0 Å². The van der Waals surface area contributed by atoms with Crippen LogP contribution in [0.25, 0.3) is 22.6 Å². The molecule has 0 spiro atoms. The molecule has 7 heteroatoms. The van der Waals surface area contributed by atoms with Crippen molar-refractivity contribution in [1.29, 1.82) is 0 Å². The average Bonchev–Trinajstić information content (AvgIpc) is 3.41. The maximum absolute atomic E-state index is 13.5. The highest BCUT2D eigenvalue weighted by Crippen LogP contribution is 2.38. The van der Waals surface area contributed by atoms with Crippen LogP contribution in [0, 0.1) is 13.8 Å². The van der Waals surface area contributed by atoms with Gasteiger partial charge in [0, 0.05) is 11.1 Å². The number of pyridine rings is 1. The van der Waals surface area contributed by atoms with Crippen LogP contribution in [-0.2, 0) is 16.0 Å². The van der Waals surface area contributed by atoms with E-state index in [9.17, 15) is 9.59 Å². The van der Waals surface area contributed by atoms with Crippen molar-refractivity contribution in [1.82, 2.24) is 4.98 Å². The molecule has 2 heterocycles. The number of fused-ring (bicyclic) bond motifs is 3. The Kier molecular flexibility index (Phi) is 6.49. The SMILES string of the molecule is Cc1cccc(C)c1NC(=O)COC(=O)c1c2c(nc3ccccc13)C(=Cc1ccc3c(c1)OCO3)CCC2. The van der Waals surface area contributed by atoms with Crippen LogP contribution in [-0.4, -0.2) is 30.3 Å². The fraction of sp³-hybridized carbons (Fsp3) is 0.219. The number of hydrogen-bond acceptors (Lipinski definition) is 6. The van der Waals surface area contributed by atoms with Gasteiger partial charge in [0.1, 0.15) is 0 Å². The number of ether oxygens (including phenoxy) is 3. The zero-order valence-corrected chi connectivity index (χ0v) is 21.9. The maximum Gasteiger partial charge on any atom is 0.339 e. The van der Waals surface area contributed by atoms with Gasteiger partial charge < -0.3 is 19.5 Å². The van der Waals surface area contributed by atoms with E-state index in [2.05, 4.69) is 11.4 Å². The van der Waals surface area contributed by atoms with E-state index < -0.39 is 5.97 Å². The summed E-state index contributed by atoms with van der Waals surface area (Å²) in [5.74, 6) is 0.550.